The number of carbonyl (C=O) groups excluding carboxylic acids is 2. The van der Waals surface area contributed by atoms with Crippen molar-refractivity contribution in [3.05, 3.63) is 12.7 Å². The molecule has 0 aromatic carbocycles. The molecule has 0 spiro atoms. The summed E-state index contributed by atoms with van der Waals surface area (Å²) < 4.78 is 4.86. The molecule has 1 rings (SSSR count). The summed E-state index contributed by atoms with van der Waals surface area (Å²) in [5, 5.41) is 3.07. The number of carbonyl (C=O) groups is 2. The van der Waals surface area contributed by atoms with Gasteiger partial charge in [0, 0.05) is 19.6 Å². The number of nitrogens with one attached hydrogen (secondary N) is 1. The summed E-state index contributed by atoms with van der Waals surface area (Å²) in [6, 6.07) is -0.429. The van der Waals surface area contributed by atoms with Crippen molar-refractivity contribution in [3.8, 4) is 0 Å². The van der Waals surface area contributed by atoms with Crippen molar-refractivity contribution in [2.75, 3.05) is 26.2 Å². The number of unbranched alkanes of at least 4 members (excludes halogenated alkanes) is 1. The zero-order valence-electron chi connectivity index (χ0n) is 11.0. The number of rotatable bonds is 7. The van der Waals surface area contributed by atoms with Gasteiger partial charge in [-0.25, -0.2) is 0 Å². The smallest absolute Gasteiger partial charge is 0.307 e. The van der Waals surface area contributed by atoms with Crippen molar-refractivity contribution >= 4 is 11.9 Å². The Morgan fingerprint density at radius 2 is 2.44 bits per heavy atom. The molecule has 102 valence electrons. The van der Waals surface area contributed by atoms with E-state index in [0.717, 1.165) is 25.9 Å². The lowest BCUT2D eigenvalue weighted by atomic mass is 10.1. The minimum absolute atomic E-state index is 0.00151. The Morgan fingerprint density at radius 1 is 1.67 bits per heavy atom. The molecular weight excluding hydrogens is 232 g/mol. The van der Waals surface area contributed by atoms with Crippen molar-refractivity contribution in [3.63, 3.8) is 0 Å². The molecule has 1 N–H and O–H groups in total. The molecule has 1 heterocycles. The van der Waals surface area contributed by atoms with E-state index in [1.54, 1.807) is 6.92 Å². The Balaban J connectivity index is 2.42. The van der Waals surface area contributed by atoms with Crippen LogP contribution in [0.15, 0.2) is 12.7 Å². The molecule has 5 heteroatoms. The summed E-state index contributed by atoms with van der Waals surface area (Å²) in [7, 11) is 0. The predicted molar refractivity (Wildman–Crippen MR) is 69.1 cm³/mol. The highest BCUT2D eigenvalue weighted by molar-refractivity contribution is 5.87. The van der Waals surface area contributed by atoms with E-state index in [0.29, 0.717) is 13.2 Å². The fourth-order valence-electron chi connectivity index (χ4n) is 1.99. The van der Waals surface area contributed by atoms with Crippen LogP contribution in [0.5, 0.6) is 0 Å². The molecule has 0 aromatic rings. The normalized spacial score (nSPS) is 19.7. The molecule has 1 atom stereocenters. The Labute approximate surface area is 108 Å². The third-order valence-corrected chi connectivity index (χ3v) is 2.89. The fraction of sp³-hybridized carbons (Fsp3) is 0.692. The average Bonchev–Trinajstić information content (AvgIpc) is 2.34. The lowest BCUT2D eigenvalue weighted by Gasteiger charge is -2.32. The van der Waals surface area contributed by atoms with Crippen LogP contribution in [0, 0.1) is 0 Å². The summed E-state index contributed by atoms with van der Waals surface area (Å²) in [6.45, 7) is 7.93. The Kier molecular flexibility index (Phi) is 6.43. The van der Waals surface area contributed by atoms with Gasteiger partial charge in [0.05, 0.1) is 19.1 Å². The lowest BCUT2D eigenvalue weighted by Crippen LogP contribution is -2.55. The fourth-order valence-corrected chi connectivity index (χ4v) is 1.99. The number of ether oxygens (including phenoxy) is 1. The van der Waals surface area contributed by atoms with Gasteiger partial charge >= 0.3 is 5.97 Å². The van der Waals surface area contributed by atoms with E-state index < -0.39 is 6.04 Å². The predicted octanol–water partition coefficient (Wildman–Crippen LogP) is 0.706. The van der Waals surface area contributed by atoms with Crippen LogP contribution in [0.2, 0.25) is 0 Å². The van der Waals surface area contributed by atoms with Gasteiger partial charge in [0.2, 0.25) is 5.91 Å². The van der Waals surface area contributed by atoms with Gasteiger partial charge in [0.15, 0.2) is 0 Å². The van der Waals surface area contributed by atoms with Crippen LogP contribution in [-0.2, 0) is 14.3 Å². The second kappa shape index (κ2) is 7.87. The molecular formula is C13H22N2O3. The van der Waals surface area contributed by atoms with E-state index in [1.165, 1.54) is 0 Å². The van der Waals surface area contributed by atoms with Crippen molar-refractivity contribution in [1.29, 1.82) is 0 Å². The van der Waals surface area contributed by atoms with Crippen molar-refractivity contribution in [2.24, 2.45) is 0 Å². The third kappa shape index (κ3) is 4.49. The van der Waals surface area contributed by atoms with Crippen LogP contribution >= 0.6 is 0 Å². The molecule has 1 unspecified atom stereocenters. The standard InChI is InChI=1S/C13H22N2O3/c1-3-5-6-8-15-9-7-14-11(13(15)17)10-12(16)18-4-2/h3,11,14H,1,4-10H2,2H3. The zero-order chi connectivity index (χ0) is 13.4. The topological polar surface area (TPSA) is 58.6 Å². The molecule has 1 fully saturated rings. The second-order valence-electron chi connectivity index (χ2n) is 4.27. The van der Waals surface area contributed by atoms with E-state index in [1.807, 2.05) is 11.0 Å². The van der Waals surface area contributed by atoms with E-state index in [-0.39, 0.29) is 18.3 Å². The Hall–Kier alpha value is -1.36. The van der Waals surface area contributed by atoms with E-state index in [2.05, 4.69) is 11.9 Å². The summed E-state index contributed by atoms with van der Waals surface area (Å²) >= 11 is 0. The Morgan fingerprint density at radius 3 is 3.11 bits per heavy atom. The van der Waals surface area contributed by atoms with E-state index >= 15 is 0 Å². The van der Waals surface area contributed by atoms with Gasteiger partial charge in [-0.05, 0) is 19.8 Å². The van der Waals surface area contributed by atoms with Crippen LogP contribution in [0.1, 0.15) is 26.2 Å². The first-order chi connectivity index (χ1) is 8.69. The van der Waals surface area contributed by atoms with Crippen molar-refractivity contribution < 1.29 is 14.3 Å². The highest BCUT2D eigenvalue weighted by atomic mass is 16.5. The van der Waals surface area contributed by atoms with Gasteiger partial charge < -0.3 is 15.0 Å². The van der Waals surface area contributed by atoms with Gasteiger partial charge in [0.1, 0.15) is 0 Å². The molecule has 1 aliphatic rings. The molecule has 18 heavy (non-hydrogen) atoms. The third-order valence-electron chi connectivity index (χ3n) is 2.89. The number of nitrogens with zero attached hydrogens (tertiary/aromatic N) is 1. The van der Waals surface area contributed by atoms with Crippen LogP contribution in [-0.4, -0.2) is 49.1 Å². The van der Waals surface area contributed by atoms with Gasteiger partial charge in [-0.1, -0.05) is 6.08 Å². The van der Waals surface area contributed by atoms with Gasteiger partial charge in [0.25, 0.3) is 0 Å². The molecule has 0 aromatic heterocycles. The van der Waals surface area contributed by atoms with Gasteiger partial charge in [-0.15, -0.1) is 6.58 Å². The number of amides is 1. The van der Waals surface area contributed by atoms with Crippen molar-refractivity contribution in [2.45, 2.75) is 32.2 Å². The molecule has 0 radical (unpaired) electrons. The van der Waals surface area contributed by atoms with Gasteiger partial charge in [-0.2, -0.15) is 0 Å². The molecule has 1 aliphatic heterocycles. The number of piperazine rings is 1. The number of hydrogen-bond donors (Lipinski definition) is 1. The molecule has 1 saturated heterocycles. The van der Waals surface area contributed by atoms with Crippen molar-refractivity contribution in [1.82, 2.24) is 10.2 Å². The summed E-state index contributed by atoms with van der Waals surface area (Å²) in [5.74, 6) is -0.324. The van der Waals surface area contributed by atoms with Crippen LogP contribution in [0.3, 0.4) is 0 Å². The lowest BCUT2D eigenvalue weighted by molar-refractivity contribution is -0.148. The molecule has 5 nitrogen and oxygen atoms in total. The summed E-state index contributed by atoms with van der Waals surface area (Å²) in [5.41, 5.74) is 0. The van der Waals surface area contributed by atoms with E-state index in [4.69, 9.17) is 4.74 Å². The monoisotopic (exact) mass is 254 g/mol. The van der Waals surface area contributed by atoms with Crippen LogP contribution < -0.4 is 5.32 Å². The quantitative estimate of drug-likeness (QED) is 0.413. The number of allylic oxidation sites excluding steroid dienone is 1. The molecule has 0 aliphatic carbocycles. The summed E-state index contributed by atoms with van der Waals surface area (Å²) in [6.07, 6.45) is 3.79. The number of esters is 1. The highest BCUT2D eigenvalue weighted by Crippen LogP contribution is 2.07. The second-order valence-corrected chi connectivity index (χ2v) is 4.27. The highest BCUT2D eigenvalue weighted by Gasteiger charge is 2.29. The number of hydrogen-bond acceptors (Lipinski definition) is 4. The average molecular weight is 254 g/mol. The molecule has 0 bridgehead atoms. The Bertz CT molecular complexity index is 305. The maximum absolute atomic E-state index is 12.1. The molecule has 0 saturated carbocycles. The maximum Gasteiger partial charge on any atom is 0.307 e. The first kappa shape index (κ1) is 14.7. The maximum atomic E-state index is 12.1. The zero-order valence-corrected chi connectivity index (χ0v) is 11.0. The van der Waals surface area contributed by atoms with Gasteiger partial charge in [-0.3, -0.25) is 9.59 Å². The first-order valence-corrected chi connectivity index (χ1v) is 6.47. The van der Waals surface area contributed by atoms with Crippen LogP contribution in [0.25, 0.3) is 0 Å². The molecule has 1 amide bonds. The largest absolute Gasteiger partial charge is 0.466 e. The summed E-state index contributed by atoms with van der Waals surface area (Å²) in [4.78, 5) is 25.3. The SMILES string of the molecule is C=CCCCN1CCNC(CC(=O)OCC)C1=O. The van der Waals surface area contributed by atoms with E-state index in [9.17, 15) is 9.59 Å². The van der Waals surface area contributed by atoms with Crippen LogP contribution in [0.4, 0.5) is 0 Å². The first-order valence-electron chi connectivity index (χ1n) is 6.47. The minimum Gasteiger partial charge on any atom is -0.466 e. The minimum atomic E-state index is -0.429.